The zero-order chi connectivity index (χ0) is 14.6. The molecule has 4 saturated carbocycles. The number of phenolic OH excluding ortho intramolecular Hbond substituents is 1. The Bertz CT molecular complexity index is 575. The van der Waals surface area contributed by atoms with Crippen LogP contribution >= 0.6 is 11.6 Å². The molecule has 0 unspecified atom stereocenters. The lowest BCUT2D eigenvalue weighted by Crippen LogP contribution is -2.40. The zero-order valence-corrected chi connectivity index (χ0v) is 13.1. The van der Waals surface area contributed by atoms with Gasteiger partial charge in [0.15, 0.2) is 0 Å². The summed E-state index contributed by atoms with van der Waals surface area (Å²) in [7, 11) is 1.73. The van der Waals surface area contributed by atoms with Crippen molar-refractivity contribution in [3.63, 3.8) is 0 Å². The van der Waals surface area contributed by atoms with Gasteiger partial charge in [0.1, 0.15) is 11.5 Å². The summed E-state index contributed by atoms with van der Waals surface area (Å²) < 4.78 is 5.78. The molecule has 1 N–H and O–H groups in total. The maximum Gasteiger partial charge on any atom is 0.134 e. The number of hydrogen-bond acceptors (Lipinski definition) is 2. The third-order valence-electron chi connectivity index (χ3n) is 5.71. The third-order valence-corrected chi connectivity index (χ3v) is 6.10. The van der Waals surface area contributed by atoms with Crippen LogP contribution < -0.4 is 0 Å². The van der Waals surface area contributed by atoms with Crippen LogP contribution in [-0.4, -0.2) is 12.2 Å². The Morgan fingerprint density at radius 3 is 2.29 bits per heavy atom. The summed E-state index contributed by atoms with van der Waals surface area (Å²) in [4.78, 5) is 0. The average molecular weight is 305 g/mol. The van der Waals surface area contributed by atoms with E-state index < -0.39 is 0 Å². The molecular formula is C18H21ClO2. The number of allylic oxidation sites excluding steroid dienone is 1. The minimum atomic E-state index is 0.133. The number of hydrogen-bond donors (Lipinski definition) is 1. The van der Waals surface area contributed by atoms with Gasteiger partial charge >= 0.3 is 0 Å². The Morgan fingerprint density at radius 1 is 1.10 bits per heavy atom. The second kappa shape index (κ2) is 4.95. The topological polar surface area (TPSA) is 29.5 Å². The highest BCUT2D eigenvalue weighted by Gasteiger charge is 2.46. The summed E-state index contributed by atoms with van der Waals surface area (Å²) in [5.74, 6) is 4.23. The van der Waals surface area contributed by atoms with Crippen LogP contribution in [0.3, 0.4) is 0 Å². The Balaban J connectivity index is 1.83. The summed E-state index contributed by atoms with van der Waals surface area (Å²) in [6.45, 7) is 0. The molecule has 4 bridgehead atoms. The second-order valence-corrected chi connectivity index (χ2v) is 7.31. The summed E-state index contributed by atoms with van der Waals surface area (Å²) in [5.41, 5.74) is 2.32. The number of halogens is 1. The van der Waals surface area contributed by atoms with Crippen LogP contribution in [0.25, 0.3) is 5.76 Å². The van der Waals surface area contributed by atoms with Crippen LogP contribution in [0.5, 0.6) is 5.75 Å². The number of ether oxygens (including phenoxy) is 1. The van der Waals surface area contributed by atoms with E-state index in [9.17, 15) is 5.11 Å². The van der Waals surface area contributed by atoms with Crippen molar-refractivity contribution in [3.05, 3.63) is 34.4 Å². The third kappa shape index (κ3) is 2.07. The van der Waals surface area contributed by atoms with Gasteiger partial charge in [-0.25, -0.2) is 0 Å². The van der Waals surface area contributed by atoms with E-state index in [4.69, 9.17) is 16.3 Å². The second-order valence-electron chi connectivity index (χ2n) is 6.93. The fourth-order valence-corrected chi connectivity index (χ4v) is 5.35. The maximum atomic E-state index is 9.88. The molecule has 0 aromatic heterocycles. The molecule has 0 amide bonds. The number of phenols is 1. The van der Waals surface area contributed by atoms with E-state index in [0.29, 0.717) is 16.9 Å². The molecule has 21 heavy (non-hydrogen) atoms. The Labute approximate surface area is 130 Å². The fraction of sp³-hybridized carbons (Fsp3) is 0.556. The summed E-state index contributed by atoms with van der Waals surface area (Å²) in [5, 5.41) is 10.3. The molecular weight excluding hydrogens is 284 g/mol. The minimum absolute atomic E-state index is 0.133. The molecule has 2 nitrogen and oxygen atoms in total. The van der Waals surface area contributed by atoms with E-state index in [1.807, 2.05) is 12.1 Å². The van der Waals surface area contributed by atoms with Gasteiger partial charge in [0.25, 0.3) is 0 Å². The van der Waals surface area contributed by atoms with Crippen LogP contribution in [0.2, 0.25) is 5.02 Å². The first kappa shape index (κ1) is 13.5. The molecule has 3 heteroatoms. The van der Waals surface area contributed by atoms with Crippen molar-refractivity contribution in [1.82, 2.24) is 0 Å². The van der Waals surface area contributed by atoms with Crippen molar-refractivity contribution < 1.29 is 9.84 Å². The number of aromatic hydroxyl groups is 1. The van der Waals surface area contributed by atoms with Crippen molar-refractivity contribution in [1.29, 1.82) is 0 Å². The van der Waals surface area contributed by atoms with Crippen LogP contribution in [-0.2, 0) is 4.74 Å². The predicted octanol–water partition coefficient (Wildman–Crippen LogP) is 4.86. The number of methoxy groups -OCH3 is 1. The van der Waals surface area contributed by atoms with Crippen molar-refractivity contribution in [2.75, 3.05) is 7.11 Å². The van der Waals surface area contributed by atoms with E-state index in [0.717, 1.165) is 23.2 Å². The normalized spacial score (nSPS) is 33.3. The van der Waals surface area contributed by atoms with Gasteiger partial charge in [0.05, 0.1) is 12.1 Å². The lowest BCUT2D eigenvalue weighted by Gasteiger charge is -2.51. The highest BCUT2D eigenvalue weighted by atomic mass is 35.5. The average Bonchev–Trinajstić information content (AvgIpc) is 2.46. The molecule has 0 radical (unpaired) electrons. The summed E-state index contributed by atoms with van der Waals surface area (Å²) in [6, 6.07) is 5.42. The molecule has 0 atom stereocenters. The number of benzene rings is 1. The van der Waals surface area contributed by atoms with Gasteiger partial charge < -0.3 is 9.84 Å². The lowest BCUT2D eigenvalue weighted by molar-refractivity contribution is 0.0675. The van der Waals surface area contributed by atoms with Crippen molar-refractivity contribution in [2.45, 2.75) is 32.1 Å². The van der Waals surface area contributed by atoms with E-state index in [2.05, 4.69) is 0 Å². The predicted molar refractivity (Wildman–Crippen MR) is 84.1 cm³/mol. The Hall–Kier alpha value is -1.15. The molecule has 0 aliphatic heterocycles. The first-order valence-electron chi connectivity index (χ1n) is 7.93. The van der Waals surface area contributed by atoms with Gasteiger partial charge in [0.2, 0.25) is 0 Å². The molecule has 0 saturated heterocycles. The number of rotatable bonds is 2. The van der Waals surface area contributed by atoms with Crippen LogP contribution in [0.15, 0.2) is 23.8 Å². The van der Waals surface area contributed by atoms with E-state index in [1.165, 1.54) is 37.7 Å². The van der Waals surface area contributed by atoms with Crippen molar-refractivity contribution in [2.24, 2.45) is 23.7 Å². The van der Waals surface area contributed by atoms with Gasteiger partial charge in [-0.05, 0) is 73.5 Å². The van der Waals surface area contributed by atoms with Crippen molar-refractivity contribution in [3.8, 4) is 5.75 Å². The Morgan fingerprint density at radius 2 is 1.71 bits per heavy atom. The van der Waals surface area contributed by atoms with Crippen LogP contribution in [0, 0.1) is 23.7 Å². The van der Waals surface area contributed by atoms with Gasteiger partial charge in [-0.3, -0.25) is 0 Å². The first-order chi connectivity index (χ1) is 10.2. The van der Waals surface area contributed by atoms with Crippen LogP contribution in [0.4, 0.5) is 0 Å². The zero-order valence-electron chi connectivity index (χ0n) is 12.3. The first-order valence-corrected chi connectivity index (χ1v) is 8.31. The largest absolute Gasteiger partial charge is 0.506 e. The minimum Gasteiger partial charge on any atom is -0.506 e. The standard InChI is InChI=1S/C18H21ClO2/c1-21-18(14-3-2-4-15(20)17(14)19)16-12-6-10-5-11(8-12)9-13(16)7-10/h2-4,10-13,20H,5-9H2,1H3. The van der Waals surface area contributed by atoms with Gasteiger partial charge in [0, 0.05) is 5.56 Å². The van der Waals surface area contributed by atoms with Gasteiger partial charge in [-0.1, -0.05) is 17.7 Å². The smallest absolute Gasteiger partial charge is 0.134 e. The van der Waals surface area contributed by atoms with E-state index in [1.54, 1.807) is 13.2 Å². The van der Waals surface area contributed by atoms with Gasteiger partial charge in [-0.2, -0.15) is 0 Å². The molecule has 1 aromatic rings. The molecule has 1 aromatic carbocycles. The maximum absolute atomic E-state index is 9.88. The van der Waals surface area contributed by atoms with E-state index in [-0.39, 0.29) is 5.75 Å². The molecule has 112 valence electrons. The molecule has 5 rings (SSSR count). The van der Waals surface area contributed by atoms with E-state index >= 15 is 0 Å². The lowest BCUT2D eigenvalue weighted by atomic mass is 9.54. The van der Waals surface area contributed by atoms with Crippen LogP contribution in [0.1, 0.15) is 37.7 Å². The quantitative estimate of drug-likeness (QED) is 0.791. The SMILES string of the molecule is COC(=C1C2CC3CC(C2)CC1C3)c1cccc(O)c1Cl. The summed E-state index contributed by atoms with van der Waals surface area (Å²) in [6.07, 6.45) is 6.68. The molecule has 0 heterocycles. The van der Waals surface area contributed by atoms with Crippen molar-refractivity contribution >= 4 is 17.4 Å². The highest BCUT2D eigenvalue weighted by molar-refractivity contribution is 6.33. The molecule has 0 spiro atoms. The fourth-order valence-electron chi connectivity index (χ4n) is 5.14. The molecule has 4 fully saturated rings. The Kier molecular flexibility index (Phi) is 3.18. The molecule has 4 aliphatic carbocycles. The summed E-state index contributed by atoms with van der Waals surface area (Å²) >= 11 is 6.32. The molecule has 4 aliphatic rings. The highest BCUT2D eigenvalue weighted by Crippen LogP contribution is 2.58. The van der Waals surface area contributed by atoms with Gasteiger partial charge in [-0.15, -0.1) is 0 Å². The monoisotopic (exact) mass is 304 g/mol.